The smallest absolute Gasteiger partial charge is 0.232 e. The maximum Gasteiger partial charge on any atom is 0.232 e. The Morgan fingerprint density at radius 2 is 2.43 bits per heavy atom. The van der Waals surface area contributed by atoms with Gasteiger partial charge in [0.15, 0.2) is 0 Å². The zero-order chi connectivity index (χ0) is 14.2. The minimum Gasteiger partial charge on any atom is -0.339 e. The predicted octanol–water partition coefficient (Wildman–Crippen LogP) is 2.04. The van der Waals surface area contributed by atoms with E-state index in [4.69, 9.17) is 4.52 Å². The first kappa shape index (κ1) is 12.3. The van der Waals surface area contributed by atoms with Gasteiger partial charge < -0.3 is 9.42 Å². The molecule has 1 fully saturated rings. The first-order valence-corrected chi connectivity index (χ1v) is 7.41. The quantitative estimate of drug-likeness (QED) is 0.799. The van der Waals surface area contributed by atoms with Crippen molar-refractivity contribution >= 4 is 22.9 Å². The lowest BCUT2D eigenvalue weighted by molar-refractivity contribution is -0.117. The van der Waals surface area contributed by atoms with Crippen LogP contribution in [0.5, 0.6) is 0 Å². The Morgan fingerprint density at radius 3 is 3.19 bits per heavy atom. The number of thiophene rings is 1. The van der Waals surface area contributed by atoms with Gasteiger partial charge in [-0.2, -0.15) is 21.4 Å². The summed E-state index contributed by atoms with van der Waals surface area (Å²) >= 11 is 1.58. The number of hydrogen-bond donors (Lipinski definition) is 1. The SMILES string of the molecule is O=C1CC(c2nc(-c3ccsc3)no2)CN1c1cn[nH]c1. The number of nitrogens with one attached hydrogen (secondary N) is 1. The second-order valence-electron chi connectivity index (χ2n) is 4.83. The number of anilines is 1. The van der Waals surface area contributed by atoms with Crippen LogP contribution in [0.4, 0.5) is 5.69 Å². The summed E-state index contributed by atoms with van der Waals surface area (Å²) in [6.45, 7) is 0.531. The van der Waals surface area contributed by atoms with E-state index in [2.05, 4.69) is 20.3 Å². The van der Waals surface area contributed by atoms with Gasteiger partial charge in [-0.05, 0) is 11.4 Å². The molecule has 1 saturated heterocycles. The number of aromatic amines is 1. The van der Waals surface area contributed by atoms with E-state index in [1.54, 1.807) is 28.6 Å². The summed E-state index contributed by atoms with van der Waals surface area (Å²) in [7, 11) is 0. The van der Waals surface area contributed by atoms with Gasteiger partial charge in [0.1, 0.15) is 0 Å². The molecule has 1 atom stereocenters. The maximum atomic E-state index is 12.1. The second-order valence-corrected chi connectivity index (χ2v) is 5.61. The van der Waals surface area contributed by atoms with Crippen molar-refractivity contribution in [3.05, 3.63) is 35.1 Å². The third-order valence-electron chi connectivity index (χ3n) is 3.49. The van der Waals surface area contributed by atoms with Crippen LogP contribution < -0.4 is 4.90 Å². The van der Waals surface area contributed by atoms with Gasteiger partial charge in [0.25, 0.3) is 0 Å². The van der Waals surface area contributed by atoms with Gasteiger partial charge in [-0.25, -0.2) is 0 Å². The third kappa shape index (κ3) is 2.13. The predicted molar refractivity (Wildman–Crippen MR) is 75.9 cm³/mol. The number of carbonyl (C=O) groups excluding carboxylic acids is 1. The van der Waals surface area contributed by atoms with E-state index >= 15 is 0 Å². The highest BCUT2D eigenvalue weighted by Gasteiger charge is 2.35. The molecule has 0 saturated carbocycles. The van der Waals surface area contributed by atoms with Crippen LogP contribution in [0, 0.1) is 0 Å². The van der Waals surface area contributed by atoms with Crippen LogP contribution >= 0.6 is 11.3 Å². The van der Waals surface area contributed by atoms with Crippen molar-refractivity contribution in [2.45, 2.75) is 12.3 Å². The Bertz CT molecular complexity index is 749. The topological polar surface area (TPSA) is 87.9 Å². The molecule has 21 heavy (non-hydrogen) atoms. The monoisotopic (exact) mass is 301 g/mol. The number of hydrogen-bond acceptors (Lipinski definition) is 6. The van der Waals surface area contributed by atoms with Crippen molar-refractivity contribution in [2.24, 2.45) is 0 Å². The van der Waals surface area contributed by atoms with Crippen LogP contribution in [0.25, 0.3) is 11.4 Å². The van der Waals surface area contributed by atoms with Crippen molar-refractivity contribution < 1.29 is 9.32 Å². The fourth-order valence-corrected chi connectivity index (χ4v) is 3.06. The van der Waals surface area contributed by atoms with Gasteiger partial charge in [0.05, 0.1) is 17.8 Å². The van der Waals surface area contributed by atoms with Crippen molar-refractivity contribution in [1.82, 2.24) is 20.3 Å². The molecular weight excluding hydrogens is 290 g/mol. The van der Waals surface area contributed by atoms with Gasteiger partial charge in [-0.1, -0.05) is 5.16 Å². The number of H-pyrrole nitrogens is 1. The first-order chi connectivity index (χ1) is 10.3. The maximum absolute atomic E-state index is 12.1. The molecule has 4 rings (SSSR count). The summed E-state index contributed by atoms with van der Waals surface area (Å²) in [5.74, 6) is 1.04. The van der Waals surface area contributed by atoms with E-state index in [1.165, 1.54) is 0 Å². The van der Waals surface area contributed by atoms with Crippen LogP contribution in [-0.4, -0.2) is 32.8 Å². The summed E-state index contributed by atoms with van der Waals surface area (Å²) in [5.41, 5.74) is 1.70. The van der Waals surface area contributed by atoms with Crippen LogP contribution in [0.2, 0.25) is 0 Å². The molecule has 3 aromatic heterocycles. The Balaban J connectivity index is 1.57. The molecule has 0 radical (unpaired) electrons. The van der Waals surface area contributed by atoms with E-state index < -0.39 is 0 Å². The molecule has 4 heterocycles. The van der Waals surface area contributed by atoms with Gasteiger partial charge in [-0.3, -0.25) is 9.89 Å². The van der Waals surface area contributed by atoms with Crippen molar-refractivity contribution in [1.29, 1.82) is 0 Å². The molecule has 7 nitrogen and oxygen atoms in total. The molecule has 1 aliphatic rings. The molecule has 8 heteroatoms. The number of nitrogens with zero attached hydrogens (tertiary/aromatic N) is 4. The lowest BCUT2D eigenvalue weighted by Crippen LogP contribution is -2.23. The molecule has 1 unspecified atom stereocenters. The van der Waals surface area contributed by atoms with Gasteiger partial charge >= 0.3 is 0 Å². The lowest BCUT2D eigenvalue weighted by atomic mass is 10.1. The lowest BCUT2D eigenvalue weighted by Gasteiger charge is -2.12. The first-order valence-electron chi connectivity index (χ1n) is 6.46. The van der Waals surface area contributed by atoms with E-state index in [0.29, 0.717) is 24.7 Å². The second kappa shape index (κ2) is 4.81. The van der Waals surface area contributed by atoms with Crippen LogP contribution in [0.1, 0.15) is 18.2 Å². The molecular formula is C13H11N5O2S. The Labute approximate surface area is 123 Å². The van der Waals surface area contributed by atoms with Gasteiger partial charge in [-0.15, -0.1) is 0 Å². The summed E-state index contributed by atoms with van der Waals surface area (Å²) < 4.78 is 5.33. The zero-order valence-corrected chi connectivity index (χ0v) is 11.7. The summed E-state index contributed by atoms with van der Waals surface area (Å²) in [6, 6.07) is 1.94. The largest absolute Gasteiger partial charge is 0.339 e. The molecule has 1 N–H and O–H groups in total. The van der Waals surface area contributed by atoms with Gasteiger partial charge in [0.2, 0.25) is 17.6 Å². The molecule has 1 aliphatic heterocycles. The Kier molecular flexibility index (Phi) is 2.81. The fourth-order valence-electron chi connectivity index (χ4n) is 2.42. The van der Waals surface area contributed by atoms with Crippen molar-refractivity contribution in [3.8, 4) is 11.4 Å². The third-order valence-corrected chi connectivity index (χ3v) is 4.17. The molecule has 0 spiro atoms. The molecule has 0 aliphatic carbocycles. The molecule has 0 aromatic carbocycles. The van der Waals surface area contributed by atoms with Crippen molar-refractivity contribution in [2.75, 3.05) is 11.4 Å². The van der Waals surface area contributed by atoms with E-state index in [0.717, 1.165) is 11.3 Å². The molecule has 0 bridgehead atoms. The highest BCUT2D eigenvalue weighted by molar-refractivity contribution is 7.08. The zero-order valence-electron chi connectivity index (χ0n) is 10.9. The minimum absolute atomic E-state index is 0.0386. The van der Waals surface area contributed by atoms with E-state index in [-0.39, 0.29) is 11.8 Å². The molecule has 1 amide bonds. The summed E-state index contributed by atoms with van der Waals surface area (Å²) in [6.07, 6.45) is 3.70. The Hall–Kier alpha value is -2.48. The highest BCUT2D eigenvalue weighted by atomic mass is 32.1. The number of amides is 1. The average molecular weight is 301 g/mol. The van der Waals surface area contributed by atoms with Crippen LogP contribution in [0.15, 0.2) is 33.7 Å². The Morgan fingerprint density at radius 1 is 1.48 bits per heavy atom. The number of carbonyl (C=O) groups is 1. The average Bonchev–Trinajstić information content (AvgIpc) is 3.26. The van der Waals surface area contributed by atoms with E-state index in [9.17, 15) is 4.79 Å². The highest BCUT2D eigenvalue weighted by Crippen LogP contribution is 2.31. The summed E-state index contributed by atoms with van der Waals surface area (Å²) in [4.78, 5) is 18.2. The van der Waals surface area contributed by atoms with Crippen molar-refractivity contribution in [3.63, 3.8) is 0 Å². The molecule has 106 valence electrons. The van der Waals surface area contributed by atoms with Gasteiger partial charge in [0, 0.05) is 30.1 Å². The number of rotatable bonds is 3. The minimum atomic E-state index is -0.0766. The molecule has 3 aromatic rings. The normalized spacial score (nSPS) is 18.6. The number of aromatic nitrogens is 4. The van der Waals surface area contributed by atoms with Crippen LogP contribution in [0.3, 0.4) is 0 Å². The standard InChI is InChI=1S/C13H11N5O2S/c19-11-3-9(6-18(11)10-4-14-15-5-10)13-16-12(17-20-13)8-1-2-21-7-8/h1-2,4-5,7,9H,3,6H2,(H,14,15). The van der Waals surface area contributed by atoms with Crippen LogP contribution in [-0.2, 0) is 4.79 Å². The fraction of sp³-hybridized carbons (Fsp3) is 0.231. The summed E-state index contributed by atoms with van der Waals surface area (Å²) in [5, 5.41) is 14.5. The van der Waals surface area contributed by atoms with E-state index in [1.807, 2.05) is 16.8 Å².